The Kier molecular flexibility index (Phi) is 4.99. The summed E-state index contributed by atoms with van der Waals surface area (Å²) >= 11 is 0. The van der Waals surface area contributed by atoms with Crippen LogP contribution in [-0.2, 0) is 11.2 Å². The molecule has 0 bridgehead atoms. The third-order valence-corrected chi connectivity index (χ3v) is 2.65. The van der Waals surface area contributed by atoms with Crippen LogP contribution in [0.5, 0.6) is 0 Å². The van der Waals surface area contributed by atoms with Crippen LogP contribution < -0.4 is 10.2 Å². The van der Waals surface area contributed by atoms with Crippen LogP contribution in [0, 0.1) is 0 Å². The van der Waals surface area contributed by atoms with E-state index in [1.807, 2.05) is 0 Å². The summed E-state index contributed by atoms with van der Waals surface area (Å²) < 4.78 is 0. The molecule has 0 aliphatic rings. The second-order valence-corrected chi connectivity index (χ2v) is 4.29. The summed E-state index contributed by atoms with van der Waals surface area (Å²) in [7, 11) is 1.78. The molecule has 0 aliphatic carbocycles. The quantitative estimate of drug-likeness (QED) is 0.678. The Morgan fingerprint density at radius 2 is 2.15 bits per heavy atom. The largest absolute Gasteiger partial charge is 0.355 e. The van der Waals surface area contributed by atoms with Gasteiger partial charge in [-0.15, -0.1) is 0 Å². The number of aryl methyl sites for hydroxylation is 1. The van der Waals surface area contributed by atoms with E-state index >= 15 is 0 Å². The number of carbonyl (C=O) groups is 1. The highest BCUT2D eigenvalue weighted by atomic mass is 16.2. The van der Waals surface area contributed by atoms with E-state index in [9.17, 15) is 4.79 Å². The van der Waals surface area contributed by atoms with E-state index in [2.05, 4.69) is 30.5 Å². The predicted molar refractivity (Wildman–Crippen MR) is 73.0 cm³/mol. The minimum atomic E-state index is -0.0578. The van der Waals surface area contributed by atoms with Gasteiger partial charge in [0.15, 0.2) is 0 Å². The molecule has 0 unspecified atom stereocenters. The third-order valence-electron chi connectivity index (χ3n) is 2.65. The van der Waals surface area contributed by atoms with Gasteiger partial charge in [0, 0.05) is 32.4 Å². The first-order valence-electron chi connectivity index (χ1n) is 6.35. The fourth-order valence-corrected chi connectivity index (χ4v) is 1.67. The molecule has 0 aliphatic heterocycles. The molecule has 8 nitrogen and oxygen atoms in total. The lowest BCUT2D eigenvalue weighted by Crippen LogP contribution is -2.36. The highest BCUT2D eigenvalue weighted by Crippen LogP contribution is 2.00. The second-order valence-electron chi connectivity index (χ2n) is 4.29. The number of anilines is 1. The van der Waals surface area contributed by atoms with Crippen molar-refractivity contribution < 1.29 is 4.79 Å². The van der Waals surface area contributed by atoms with Crippen molar-refractivity contribution in [2.75, 3.05) is 25.0 Å². The summed E-state index contributed by atoms with van der Waals surface area (Å²) in [6, 6.07) is 1.74. The smallest absolute Gasteiger partial charge is 0.239 e. The molecule has 2 N–H and O–H groups in total. The third kappa shape index (κ3) is 4.30. The molecular weight excluding hydrogens is 258 g/mol. The summed E-state index contributed by atoms with van der Waals surface area (Å²) in [5, 5.41) is 9.39. The zero-order valence-corrected chi connectivity index (χ0v) is 11.3. The molecule has 2 aromatic heterocycles. The fraction of sp³-hybridized carbons (Fsp3) is 0.417. The van der Waals surface area contributed by atoms with Crippen molar-refractivity contribution in [3.8, 4) is 0 Å². The van der Waals surface area contributed by atoms with E-state index in [1.54, 1.807) is 30.4 Å². The maximum absolute atomic E-state index is 11.7. The Bertz CT molecular complexity index is 514. The molecule has 2 rings (SSSR count). The molecule has 20 heavy (non-hydrogen) atoms. The molecule has 2 aromatic rings. The van der Waals surface area contributed by atoms with E-state index in [1.165, 1.54) is 6.33 Å². The van der Waals surface area contributed by atoms with Crippen molar-refractivity contribution in [3.63, 3.8) is 0 Å². The lowest BCUT2D eigenvalue weighted by molar-refractivity contribution is -0.119. The van der Waals surface area contributed by atoms with Crippen LogP contribution in [-0.4, -0.2) is 51.2 Å². The Balaban J connectivity index is 1.65. The number of aromatic amines is 1. The topological polar surface area (TPSA) is 99.7 Å². The van der Waals surface area contributed by atoms with Crippen molar-refractivity contribution in [1.82, 2.24) is 30.5 Å². The molecule has 1 amide bonds. The van der Waals surface area contributed by atoms with E-state index in [0.29, 0.717) is 12.5 Å². The van der Waals surface area contributed by atoms with Crippen molar-refractivity contribution >= 4 is 11.9 Å². The average Bonchev–Trinajstić information content (AvgIpc) is 2.98. The molecule has 2 heterocycles. The molecule has 0 saturated carbocycles. The lowest BCUT2D eigenvalue weighted by atomic mass is 10.3. The monoisotopic (exact) mass is 275 g/mol. The number of likely N-dealkylation sites (N-methyl/N-ethyl adjacent to an activating group) is 1. The van der Waals surface area contributed by atoms with Crippen molar-refractivity contribution in [1.29, 1.82) is 0 Å². The average molecular weight is 275 g/mol. The molecule has 106 valence electrons. The first-order chi connectivity index (χ1) is 9.75. The van der Waals surface area contributed by atoms with Crippen LogP contribution >= 0.6 is 0 Å². The molecule has 0 spiro atoms. The Labute approximate surface area is 116 Å². The SMILES string of the molecule is CN(CC(=O)NCCCc1ncn[nH]1)c1ncccn1. The molecule has 0 aromatic carbocycles. The van der Waals surface area contributed by atoms with Crippen LogP contribution in [0.2, 0.25) is 0 Å². The number of hydrogen-bond donors (Lipinski definition) is 2. The first-order valence-corrected chi connectivity index (χ1v) is 6.35. The number of aromatic nitrogens is 5. The summed E-state index contributed by atoms with van der Waals surface area (Å²) in [4.78, 5) is 25.6. The minimum absolute atomic E-state index is 0.0578. The van der Waals surface area contributed by atoms with E-state index in [4.69, 9.17) is 0 Å². The van der Waals surface area contributed by atoms with Gasteiger partial charge in [0.2, 0.25) is 11.9 Å². The molecule has 0 radical (unpaired) electrons. The van der Waals surface area contributed by atoms with Crippen LogP contribution in [0.4, 0.5) is 5.95 Å². The Morgan fingerprint density at radius 3 is 2.85 bits per heavy atom. The summed E-state index contributed by atoms with van der Waals surface area (Å²) in [5.41, 5.74) is 0. The number of nitrogens with one attached hydrogen (secondary N) is 2. The van der Waals surface area contributed by atoms with Crippen molar-refractivity contribution in [2.45, 2.75) is 12.8 Å². The second kappa shape index (κ2) is 7.17. The highest BCUT2D eigenvalue weighted by molar-refractivity contribution is 5.80. The number of rotatable bonds is 7. The minimum Gasteiger partial charge on any atom is -0.355 e. The molecular formula is C12H17N7O. The van der Waals surface area contributed by atoms with Crippen LogP contribution in [0.3, 0.4) is 0 Å². The van der Waals surface area contributed by atoms with Gasteiger partial charge in [0.05, 0.1) is 6.54 Å². The van der Waals surface area contributed by atoms with Crippen LogP contribution in [0.15, 0.2) is 24.8 Å². The normalized spacial score (nSPS) is 10.2. The number of carbonyl (C=O) groups excluding carboxylic acids is 1. The number of H-pyrrole nitrogens is 1. The van der Waals surface area contributed by atoms with Gasteiger partial charge in [0.1, 0.15) is 12.2 Å². The van der Waals surface area contributed by atoms with Gasteiger partial charge in [-0.25, -0.2) is 15.0 Å². The molecule has 0 fully saturated rings. The van der Waals surface area contributed by atoms with Gasteiger partial charge >= 0.3 is 0 Å². The van der Waals surface area contributed by atoms with Gasteiger partial charge < -0.3 is 10.2 Å². The molecule has 0 atom stereocenters. The lowest BCUT2D eigenvalue weighted by Gasteiger charge is -2.15. The van der Waals surface area contributed by atoms with E-state index in [-0.39, 0.29) is 12.5 Å². The maximum Gasteiger partial charge on any atom is 0.239 e. The van der Waals surface area contributed by atoms with Crippen LogP contribution in [0.25, 0.3) is 0 Å². The number of amides is 1. The Hall–Kier alpha value is -2.51. The zero-order chi connectivity index (χ0) is 14.2. The fourth-order valence-electron chi connectivity index (χ4n) is 1.67. The predicted octanol–water partition coefficient (Wildman–Crippen LogP) is -0.220. The number of nitrogens with zero attached hydrogens (tertiary/aromatic N) is 5. The van der Waals surface area contributed by atoms with Gasteiger partial charge in [0.25, 0.3) is 0 Å². The van der Waals surface area contributed by atoms with Crippen molar-refractivity contribution in [3.05, 3.63) is 30.6 Å². The standard InChI is InChI=1S/C12H17N7O/c1-19(12-14-6-3-7-15-12)8-11(20)13-5-2-4-10-16-9-17-18-10/h3,6-7,9H,2,4-5,8H2,1H3,(H,13,20)(H,16,17,18). The summed E-state index contributed by atoms with van der Waals surface area (Å²) in [5.74, 6) is 1.30. The van der Waals surface area contributed by atoms with E-state index < -0.39 is 0 Å². The van der Waals surface area contributed by atoms with Gasteiger partial charge in [-0.3, -0.25) is 9.89 Å². The van der Waals surface area contributed by atoms with Gasteiger partial charge in [-0.05, 0) is 12.5 Å². The van der Waals surface area contributed by atoms with Gasteiger partial charge in [-0.2, -0.15) is 5.10 Å². The van der Waals surface area contributed by atoms with Crippen LogP contribution in [0.1, 0.15) is 12.2 Å². The van der Waals surface area contributed by atoms with Gasteiger partial charge in [-0.1, -0.05) is 0 Å². The summed E-state index contributed by atoms with van der Waals surface area (Å²) in [6.45, 7) is 0.829. The first kappa shape index (κ1) is 13.9. The molecule has 8 heteroatoms. The zero-order valence-electron chi connectivity index (χ0n) is 11.3. The van der Waals surface area contributed by atoms with Crippen molar-refractivity contribution in [2.24, 2.45) is 0 Å². The number of hydrogen-bond acceptors (Lipinski definition) is 6. The highest BCUT2D eigenvalue weighted by Gasteiger charge is 2.08. The van der Waals surface area contributed by atoms with E-state index in [0.717, 1.165) is 18.7 Å². The Morgan fingerprint density at radius 1 is 1.35 bits per heavy atom. The maximum atomic E-state index is 11.7. The summed E-state index contributed by atoms with van der Waals surface area (Å²) in [6.07, 6.45) is 6.34. The molecule has 0 saturated heterocycles.